The number of nitrogens with two attached hydrogens (primary N) is 1. The highest BCUT2D eigenvalue weighted by Crippen LogP contribution is 2.35. The molecule has 2 aromatic carbocycles. The number of hydrogen-bond acceptors (Lipinski definition) is 4. The van der Waals surface area contributed by atoms with E-state index >= 15 is 0 Å². The Balaban J connectivity index is 1.91. The second-order valence-electron chi connectivity index (χ2n) is 4.16. The number of hydrogen-bond donors (Lipinski definition) is 1. The van der Waals surface area contributed by atoms with Crippen LogP contribution in [0, 0.1) is 0 Å². The molecule has 2 aromatic rings. The van der Waals surface area contributed by atoms with Gasteiger partial charge < -0.3 is 19.9 Å². The van der Waals surface area contributed by atoms with E-state index in [1.165, 1.54) is 0 Å². The summed E-state index contributed by atoms with van der Waals surface area (Å²) in [4.78, 5) is 0. The topological polar surface area (TPSA) is 53.7 Å². The number of anilines is 1. The normalized spacial score (nSPS) is 10.2. The van der Waals surface area contributed by atoms with Crippen LogP contribution in [0.5, 0.6) is 17.2 Å². The van der Waals surface area contributed by atoms with E-state index in [4.69, 9.17) is 19.9 Å². The van der Waals surface area contributed by atoms with Crippen molar-refractivity contribution < 1.29 is 14.2 Å². The number of methoxy groups -OCH3 is 1. The van der Waals surface area contributed by atoms with E-state index < -0.39 is 0 Å². The predicted octanol–water partition coefficient (Wildman–Crippen LogP) is 4.26. The lowest BCUT2D eigenvalue weighted by Crippen LogP contribution is -2.10. The van der Waals surface area contributed by atoms with Crippen molar-refractivity contribution in [1.29, 1.82) is 0 Å². The lowest BCUT2D eigenvalue weighted by atomic mass is 10.3. The highest BCUT2D eigenvalue weighted by molar-refractivity contribution is 9.11. The third kappa shape index (κ3) is 4.28. The second-order valence-corrected chi connectivity index (χ2v) is 5.87. The largest absolute Gasteiger partial charge is 0.493 e. The summed E-state index contributed by atoms with van der Waals surface area (Å²) in [6.45, 7) is 0.808. The highest BCUT2D eigenvalue weighted by Gasteiger charge is 2.08. The van der Waals surface area contributed by atoms with Crippen molar-refractivity contribution in [3.63, 3.8) is 0 Å². The van der Waals surface area contributed by atoms with Crippen LogP contribution in [0.1, 0.15) is 0 Å². The number of benzene rings is 2. The molecular formula is C15H15Br2NO3. The number of rotatable bonds is 6. The molecule has 0 aliphatic carbocycles. The molecule has 0 unspecified atom stereocenters. The van der Waals surface area contributed by atoms with E-state index in [1.54, 1.807) is 19.2 Å². The fourth-order valence-corrected chi connectivity index (χ4v) is 3.20. The molecule has 0 aliphatic rings. The van der Waals surface area contributed by atoms with Crippen molar-refractivity contribution in [3.8, 4) is 17.2 Å². The average molecular weight is 417 g/mol. The Morgan fingerprint density at radius 1 is 0.952 bits per heavy atom. The molecule has 112 valence electrons. The van der Waals surface area contributed by atoms with E-state index in [1.807, 2.05) is 24.3 Å². The quantitative estimate of drug-likeness (QED) is 0.564. The monoisotopic (exact) mass is 415 g/mol. The van der Waals surface area contributed by atoms with Crippen molar-refractivity contribution in [2.45, 2.75) is 0 Å². The first-order chi connectivity index (χ1) is 10.1. The van der Waals surface area contributed by atoms with Crippen molar-refractivity contribution in [3.05, 3.63) is 45.3 Å². The summed E-state index contributed by atoms with van der Waals surface area (Å²) in [6.07, 6.45) is 0. The molecule has 2 N–H and O–H groups in total. The molecule has 0 amide bonds. The molecule has 0 aliphatic heterocycles. The van der Waals surface area contributed by atoms with E-state index in [2.05, 4.69) is 31.9 Å². The van der Waals surface area contributed by atoms with E-state index in [0.717, 1.165) is 8.95 Å². The Bertz CT molecular complexity index is 597. The molecule has 0 radical (unpaired) electrons. The van der Waals surface area contributed by atoms with Gasteiger partial charge in [-0.15, -0.1) is 0 Å². The van der Waals surface area contributed by atoms with Gasteiger partial charge in [0.25, 0.3) is 0 Å². The number of nitrogen functional groups attached to an aromatic ring is 1. The molecule has 0 saturated carbocycles. The van der Waals surface area contributed by atoms with Gasteiger partial charge in [0.15, 0.2) is 11.5 Å². The van der Waals surface area contributed by atoms with Crippen LogP contribution in [0.25, 0.3) is 0 Å². The van der Waals surface area contributed by atoms with E-state index in [-0.39, 0.29) is 0 Å². The van der Waals surface area contributed by atoms with Crippen LogP contribution in [-0.4, -0.2) is 20.3 Å². The van der Waals surface area contributed by atoms with Gasteiger partial charge in [-0.3, -0.25) is 0 Å². The Morgan fingerprint density at radius 2 is 1.52 bits per heavy atom. The minimum Gasteiger partial charge on any atom is -0.493 e. The maximum Gasteiger partial charge on any atom is 0.161 e. The van der Waals surface area contributed by atoms with Gasteiger partial charge in [0.2, 0.25) is 0 Å². The first kappa shape index (κ1) is 16.0. The zero-order chi connectivity index (χ0) is 15.2. The zero-order valence-electron chi connectivity index (χ0n) is 11.4. The smallest absolute Gasteiger partial charge is 0.161 e. The molecule has 21 heavy (non-hydrogen) atoms. The Labute approximate surface area is 140 Å². The lowest BCUT2D eigenvalue weighted by Gasteiger charge is -2.13. The van der Waals surface area contributed by atoms with Crippen LogP contribution >= 0.6 is 31.9 Å². The Morgan fingerprint density at radius 3 is 2.14 bits per heavy atom. The van der Waals surface area contributed by atoms with Gasteiger partial charge in [-0.05, 0) is 56.1 Å². The fraction of sp³-hybridized carbons (Fsp3) is 0.200. The van der Waals surface area contributed by atoms with Crippen molar-refractivity contribution >= 4 is 37.5 Å². The molecule has 0 aromatic heterocycles. The predicted molar refractivity (Wildman–Crippen MR) is 90.2 cm³/mol. The van der Waals surface area contributed by atoms with Gasteiger partial charge in [-0.25, -0.2) is 0 Å². The van der Waals surface area contributed by atoms with Gasteiger partial charge in [-0.1, -0.05) is 12.1 Å². The molecule has 6 heteroatoms. The molecule has 0 bridgehead atoms. The van der Waals surface area contributed by atoms with Gasteiger partial charge in [0, 0.05) is 5.69 Å². The van der Waals surface area contributed by atoms with Crippen LogP contribution in [0.3, 0.4) is 0 Å². The minimum absolute atomic E-state index is 0.402. The SMILES string of the molecule is COc1ccccc1OCCOc1c(Br)cc(N)cc1Br. The van der Waals surface area contributed by atoms with Crippen LogP contribution in [0.15, 0.2) is 45.3 Å². The highest BCUT2D eigenvalue weighted by atomic mass is 79.9. The molecule has 0 atom stereocenters. The Kier molecular flexibility index (Phi) is 5.76. The minimum atomic E-state index is 0.402. The molecular weight excluding hydrogens is 402 g/mol. The maximum atomic E-state index is 5.74. The fourth-order valence-electron chi connectivity index (χ4n) is 1.75. The van der Waals surface area contributed by atoms with E-state index in [9.17, 15) is 0 Å². The van der Waals surface area contributed by atoms with Crippen LogP contribution in [-0.2, 0) is 0 Å². The van der Waals surface area contributed by atoms with Crippen LogP contribution in [0.2, 0.25) is 0 Å². The third-order valence-corrected chi connectivity index (χ3v) is 3.86. The summed E-state index contributed by atoms with van der Waals surface area (Å²) in [6, 6.07) is 11.1. The average Bonchev–Trinajstić information content (AvgIpc) is 2.45. The number of para-hydroxylation sites is 2. The van der Waals surface area contributed by atoms with Crippen LogP contribution in [0.4, 0.5) is 5.69 Å². The summed E-state index contributed by atoms with van der Waals surface area (Å²) in [7, 11) is 1.61. The first-order valence-electron chi connectivity index (χ1n) is 6.25. The third-order valence-electron chi connectivity index (χ3n) is 2.68. The van der Waals surface area contributed by atoms with Gasteiger partial charge in [0.05, 0.1) is 16.1 Å². The first-order valence-corrected chi connectivity index (χ1v) is 7.83. The van der Waals surface area contributed by atoms with Crippen molar-refractivity contribution in [2.75, 3.05) is 26.1 Å². The Hall–Kier alpha value is -1.40. The van der Waals surface area contributed by atoms with Crippen LogP contribution < -0.4 is 19.9 Å². The number of halogens is 2. The summed E-state index contributed by atoms with van der Waals surface area (Å²) in [5, 5.41) is 0. The van der Waals surface area contributed by atoms with Gasteiger partial charge >= 0.3 is 0 Å². The maximum absolute atomic E-state index is 5.74. The van der Waals surface area contributed by atoms with E-state index in [0.29, 0.717) is 36.1 Å². The lowest BCUT2D eigenvalue weighted by molar-refractivity contribution is 0.210. The van der Waals surface area contributed by atoms with Crippen molar-refractivity contribution in [1.82, 2.24) is 0 Å². The molecule has 0 saturated heterocycles. The molecule has 2 rings (SSSR count). The van der Waals surface area contributed by atoms with Gasteiger partial charge in [-0.2, -0.15) is 0 Å². The summed E-state index contributed by atoms with van der Waals surface area (Å²) < 4.78 is 18.2. The van der Waals surface area contributed by atoms with Crippen molar-refractivity contribution in [2.24, 2.45) is 0 Å². The number of ether oxygens (including phenoxy) is 3. The summed E-state index contributed by atoms with van der Waals surface area (Å²) in [5.74, 6) is 2.10. The van der Waals surface area contributed by atoms with Gasteiger partial charge in [0.1, 0.15) is 19.0 Å². The molecule has 0 fully saturated rings. The zero-order valence-corrected chi connectivity index (χ0v) is 14.6. The molecule has 0 heterocycles. The second kappa shape index (κ2) is 7.56. The summed E-state index contributed by atoms with van der Waals surface area (Å²) in [5.41, 5.74) is 6.40. The molecule has 0 spiro atoms. The molecule has 4 nitrogen and oxygen atoms in total. The summed E-state index contributed by atoms with van der Waals surface area (Å²) >= 11 is 6.84. The standard InChI is InChI=1S/C15H15Br2NO3/c1-19-13-4-2-3-5-14(13)20-6-7-21-15-11(16)8-10(18)9-12(15)17/h2-5,8-9H,6-7,18H2,1H3.